The summed E-state index contributed by atoms with van der Waals surface area (Å²) in [6.45, 7) is 10.5. The molecule has 4 N–H and O–H groups in total. The SMILES string of the molecule is Cc1cc(C(=O)NC(CC(C)(C)C)C(=O)NC(C#N)CC2CC(C)(C)NC2=O)[nH]c1C(F)(F)F. The third-order valence-electron chi connectivity index (χ3n) is 5.56. The van der Waals surface area contributed by atoms with Gasteiger partial charge in [0.25, 0.3) is 5.91 Å². The van der Waals surface area contributed by atoms with Gasteiger partial charge in [0.15, 0.2) is 0 Å². The maximum absolute atomic E-state index is 13.1. The fourth-order valence-corrected chi connectivity index (χ4v) is 4.12. The monoisotopic (exact) mass is 483 g/mol. The molecule has 0 aromatic carbocycles. The Morgan fingerprint density at radius 3 is 2.32 bits per heavy atom. The number of H-pyrrole nitrogens is 1. The Kier molecular flexibility index (Phi) is 7.75. The summed E-state index contributed by atoms with van der Waals surface area (Å²) in [7, 11) is 0. The number of nitrogens with zero attached hydrogens (tertiary/aromatic N) is 1. The lowest BCUT2D eigenvalue weighted by Crippen LogP contribution is -2.51. The molecule has 188 valence electrons. The van der Waals surface area contributed by atoms with Crippen LogP contribution in [0.25, 0.3) is 0 Å². The summed E-state index contributed by atoms with van der Waals surface area (Å²) in [5, 5.41) is 17.4. The van der Waals surface area contributed by atoms with Crippen LogP contribution in [0.3, 0.4) is 0 Å². The number of hydrogen-bond acceptors (Lipinski definition) is 4. The molecule has 1 aromatic heterocycles. The van der Waals surface area contributed by atoms with E-state index in [1.54, 1.807) is 0 Å². The van der Waals surface area contributed by atoms with Crippen LogP contribution in [0.1, 0.15) is 75.6 Å². The molecule has 1 aliphatic heterocycles. The number of nitriles is 1. The zero-order valence-electron chi connectivity index (χ0n) is 20.2. The largest absolute Gasteiger partial charge is 0.431 e. The topological polar surface area (TPSA) is 127 Å². The molecule has 34 heavy (non-hydrogen) atoms. The maximum Gasteiger partial charge on any atom is 0.431 e. The first-order chi connectivity index (χ1) is 15.4. The lowest BCUT2D eigenvalue weighted by molar-refractivity contribution is -0.141. The first-order valence-electron chi connectivity index (χ1n) is 11.0. The lowest BCUT2D eigenvalue weighted by atomic mass is 9.87. The molecule has 0 saturated carbocycles. The minimum absolute atomic E-state index is 0.110. The molecule has 2 rings (SSSR count). The summed E-state index contributed by atoms with van der Waals surface area (Å²) < 4.78 is 39.2. The Morgan fingerprint density at radius 2 is 1.88 bits per heavy atom. The van der Waals surface area contributed by atoms with Gasteiger partial charge in [-0.2, -0.15) is 18.4 Å². The van der Waals surface area contributed by atoms with Crippen molar-refractivity contribution in [3.63, 3.8) is 0 Å². The first-order valence-corrected chi connectivity index (χ1v) is 11.0. The quantitative estimate of drug-likeness (QED) is 0.475. The number of aryl methyl sites for hydroxylation is 1. The summed E-state index contributed by atoms with van der Waals surface area (Å²) in [6.07, 6.45) is -3.86. The molecule has 0 bridgehead atoms. The van der Waals surface area contributed by atoms with Crippen LogP contribution >= 0.6 is 0 Å². The number of nitrogens with one attached hydrogen (secondary N) is 4. The highest BCUT2D eigenvalue weighted by Crippen LogP contribution is 2.31. The normalized spacial score (nSPS) is 19.6. The van der Waals surface area contributed by atoms with Crippen molar-refractivity contribution in [2.24, 2.45) is 11.3 Å². The number of alkyl halides is 3. The van der Waals surface area contributed by atoms with Gasteiger partial charge in [-0.1, -0.05) is 20.8 Å². The average Bonchev–Trinajstić information content (AvgIpc) is 3.17. The van der Waals surface area contributed by atoms with Crippen molar-refractivity contribution >= 4 is 17.7 Å². The second kappa shape index (κ2) is 9.68. The van der Waals surface area contributed by atoms with Gasteiger partial charge >= 0.3 is 6.18 Å². The number of rotatable bonds is 7. The van der Waals surface area contributed by atoms with Crippen LogP contribution < -0.4 is 16.0 Å². The number of aromatic nitrogens is 1. The van der Waals surface area contributed by atoms with Crippen LogP contribution in [0.2, 0.25) is 0 Å². The van der Waals surface area contributed by atoms with E-state index in [2.05, 4.69) is 20.9 Å². The fourth-order valence-electron chi connectivity index (χ4n) is 4.12. The molecule has 2 heterocycles. The van der Waals surface area contributed by atoms with Crippen molar-refractivity contribution in [1.29, 1.82) is 5.26 Å². The predicted molar refractivity (Wildman–Crippen MR) is 118 cm³/mol. The minimum atomic E-state index is -4.65. The molecule has 0 aliphatic carbocycles. The molecule has 1 fully saturated rings. The molecular formula is C23H32F3N5O3. The minimum Gasteiger partial charge on any atom is -0.351 e. The molecule has 3 amide bonds. The fraction of sp³-hybridized carbons (Fsp3) is 0.652. The van der Waals surface area contributed by atoms with Crippen LogP contribution in [0.5, 0.6) is 0 Å². The number of amides is 3. The highest BCUT2D eigenvalue weighted by atomic mass is 19.4. The van der Waals surface area contributed by atoms with Gasteiger partial charge in [-0.15, -0.1) is 0 Å². The second-order valence-corrected chi connectivity index (χ2v) is 10.7. The van der Waals surface area contributed by atoms with Crippen molar-refractivity contribution in [3.8, 4) is 6.07 Å². The summed E-state index contributed by atoms with van der Waals surface area (Å²) in [5.41, 5.74) is -2.32. The molecule has 3 unspecified atom stereocenters. The number of halogens is 3. The molecular weight excluding hydrogens is 451 g/mol. The molecule has 0 spiro atoms. The van der Waals surface area contributed by atoms with Crippen molar-refractivity contribution in [2.75, 3.05) is 0 Å². The number of aromatic amines is 1. The summed E-state index contributed by atoms with van der Waals surface area (Å²) in [4.78, 5) is 39.9. The van der Waals surface area contributed by atoms with E-state index in [1.807, 2.05) is 40.7 Å². The third-order valence-corrected chi connectivity index (χ3v) is 5.56. The molecule has 1 aromatic rings. The number of hydrogen-bond donors (Lipinski definition) is 4. The summed E-state index contributed by atoms with van der Waals surface area (Å²) in [6, 6.07) is 0.981. The van der Waals surface area contributed by atoms with Gasteiger partial charge in [0, 0.05) is 11.5 Å². The van der Waals surface area contributed by atoms with E-state index in [-0.39, 0.29) is 30.0 Å². The highest BCUT2D eigenvalue weighted by molar-refractivity contribution is 5.96. The van der Waals surface area contributed by atoms with Gasteiger partial charge in [-0.05, 0) is 57.1 Å². The number of carbonyl (C=O) groups excluding carboxylic acids is 3. The van der Waals surface area contributed by atoms with Crippen molar-refractivity contribution < 1.29 is 27.6 Å². The average molecular weight is 484 g/mol. The van der Waals surface area contributed by atoms with E-state index >= 15 is 0 Å². The van der Waals surface area contributed by atoms with Gasteiger partial charge in [0.05, 0.1) is 6.07 Å². The van der Waals surface area contributed by atoms with E-state index in [9.17, 15) is 32.8 Å². The Morgan fingerprint density at radius 1 is 1.26 bits per heavy atom. The smallest absolute Gasteiger partial charge is 0.351 e. The maximum atomic E-state index is 13.1. The molecule has 8 nitrogen and oxygen atoms in total. The zero-order valence-corrected chi connectivity index (χ0v) is 20.2. The van der Waals surface area contributed by atoms with Crippen LogP contribution in [0, 0.1) is 29.6 Å². The van der Waals surface area contributed by atoms with Gasteiger partial charge in [-0.3, -0.25) is 14.4 Å². The van der Waals surface area contributed by atoms with Crippen molar-refractivity contribution in [3.05, 3.63) is 23.0 Å². The van der Waals surface area contributed by atoms with Gasteiger partial charge in [0.1, 0.15) is 23.5 Å². The van der Waals surface area contributed by atoms with E-state index < -0.39 is 52.6 Å². The van der Waals surface area contributed by atoms with Gasteiger partial charge in [0.2, 0.25) is 11.8 Å². The zero-order chi connectivity index (χ0) is 26.1. The van der Waals surface area contributed by atoms with E-state index in [4.69, 9.17) is 0 Å². The summed E-state index contributed by atoms with van der Waals surface area (Å²) >= 11 is 0. The van der Waals surface area contributed by atoms with Crippen LogP contribution in [-0.4, -0.2) is 40.3 Å². The van der Waals surface area contributed by atoms with Gasteiger partial charge in [-0.25, -0.2) is 0 Å². The standard InChI is InChI=1S/C23H32F3N5O3/c1-12-7-15(29-17(12)23(24,25)26)19(33)30-16(10-21(2,3)4)20(34)28-14(11-27)8-13-9-22(5,6)31-18(13)32/h7,13-14,16,29H,8-10H2,1-6H3,(H,28,34)(H,30,33)(H,31,32). The molecule has 3 atom stereocenters. The van der Waals surface area contributed by atoms with Crippen LogP contribution in [-0.2, 0) is 15.8 Å². The van der Waals surface area contributed by atoms with E-state index in [0.29, 0.717) is 6.42 Å². The van der Waals surface area contributed by atoms with E-state index in [1.165, 1.54) is 6.92 Å². The van der Waals surface area contributed by atoms with Crippen LogP contribution in [0.4, 0.5) is 13.2 Å². The molecule has 11 heteroatoms. The molecule has 1 aliphatic rings. The molecule has 0 radical (unpaired) electrons. The highest BCUT2D eigenvalue weighted by Gasteiger charge is 2.39. The van der Waals surface area contributed by atoms with E-state index in [0.717, 1.165) is 6.07 Å². The van der Waals surface area contributed by atoms with Gasteiger partial charge < -0.3 is 20.9 Å². The first kappa shape index (κ1) is 27.2. The molecule has 1 saturated heterocycles. The Bertz CT molecular complexity index is 985. The Hall–Kier alpha value is -3.03. The van der Waals surface area contributed by atoms with Crippen molar-refractivity contribution in [2.45, 2.75) is 84.6 Å². The Labute approximate surface area is 197 Å². The predicted octanol–water partition coefficient (Wildman–Crippen LogP) is 3.19. The van der Waals surface area contributed by atoms with Crippen LogP contribution in [0.15, 0.2) is 6.07 Å². The number of carbonyl (C=O) groups is 3. The lowest BCUT2D eigenvalue weighted by Gasteiger charge is -2.27. The second-order valence-electron chi connectivity index (χ2n) is 10.7. The summed E-state index contributed by atoms with van der Waals surface area (Å²) in [5.74, 6) is -2.15. The third kappa shape index (κ3) is 7.23. The van der Waals surface area contributed by atoms with Crippen molar-refractivity contribution in [1.82, 2.24) is 20.9 Å². The Balaban J connectivity index is 2.15.